The molecule has 5 heteroatoms. The standard InChI is InChI=1S/C46H30N4O/c1-29-22-24-31(25-23-29)45-47-44(30-12-3-2-4-13-30)48-46(49-45)33-26-32(35-17-11-18-39-38-16-7-10-21-42(38)51-43(35)39)27-34(28-33)50-40-19-8-5-14-36(40)37-15-6-9-20-41(37)50/h2-28H,1H3. The summed E-state index contributed by atoms with van der Waals surface area (Å²) in [6.07, 6.45) is 0. The lowest BCUT2D eigenvalue weighted by Gasteiger charge is -2.14. The number of furan rings is 1. The molecule has 0 bridgehead atoms. The molecule has 3 aromatic heterocycles. The molecule has 3 heterocycles. The molecule has 0 saturated heterocycles. The molecule has 0 saturated carbocycles. The number of rotatable bonds is 5. The SMILES string of the molecule is Cc1ccc(-c2nc(-c3ccccc3)nc(-c3cc(-c4cccc5c4oc4ccccc45)cc(-n4c5ccccc5c5ccccc54)c3)n2)cc1. The minimum Gasteiger partial charge on any atom is -0.455 e. The highest BCUT2D eigenvalue weighted by molar-refractivity contribution is 6.11. The summed E-state index contributed by atoms with van der Waals surface area (Å²) in [6, 6.07) is 56.9. The highest BCUT2D eigenvalue weighted by atomic mass is 16.3. The monoisotopic (exact) mass is 654 g/mol. The van der Waals surface area contributed by atoms with Crippen LogP contribution >= 0.6 is 0 Å². The third kappa shape index (κ3) is 4.90. The van der Waals surface area contributed by atoms with E-state index in [1.807, 2.05) is 42.5 Å². The second-order valence-corrected chi connectivity index (χ2v) is 13.0. The minimum atomic E-state index is 0.597. The van der Waals surface area contributed by atoms with E-state index in [-0.39, 0.29) is 0 Å². The van der Waals surface area contributed by atoms with Crippen LogP contribution in [0.15, 0.2) is 168 Å². The maximum absolute atomic E-state index is 6.57. The molecule has 51 heavy (non-hydrogen) atoms. The van der Waals surface area contributed by atoms with Crippen molar-refractivity contribution in [3.63, 3.8) is 0 Å². The number of para-hydroxylation sites is 4. The summed E-state index contributed by atoms with van der Waals surface area (Å²) in [7, 11) is 0. The molecule has 10 rings (SSSR count). The number of benzene rings is 7. The first-order valence-electron chi connectivity index (χ1n) is 17.1. The molecule has 0 atom stereocenters. The molecule has 0 radical (unpaired) electrons. The Balaban J connectivity index is 1.28. The van der Waals surface area contributed by atoms with Crippen LogP contribution in [0.2, 0.25) is 0 Å². The first-order valence-corrected chi connectivity index (χ1v) is 17.1. The van der Waals surface area contributed by atoms with Crippen LogP contribution in [-0.2, 0) is 0 Å². The highest BCUT2D eigenvalue weighted by Gasteiger charge is 2.19. The van der Waals surface area contributed by atoms with E-state index in [2.05, 4.69) is 133 Å². The lowest BCUT2D eigenvalue weighted by Crippen LogP contribution is -2.02. The van der Waals surface area contributed by atoms with Crippen molar-refractivity contribution in [3.8, 4) is 51.0 Å². The van der Waals surface area contributed by atoms with Crippen molar-refractivity contribution >= 4 is 43.7 Å². The Bertz CT molecular complexity index is 2870. The van der Waals surface area contributed by atoms with Gasteiger partial charge in [-0.2, -0.15) is 0 Å². The van der Waals surface area contributed by atoms with E-state index in [4.69, 9.17) is 19.4 Å². The maximum atomic E-state index is 6.57. The second kappa shape index (κ2) is 11.6. The van der Waals surface area contributed by atoms with E-state index in [9.17, 15) is 0 Å². The van der Waals surface area contributed by atoms with Crippen molar-refractivity contribution in [1.29, 1.82) is 0 Å². The van der Waals surface area contributed by atoms with Crippen LogP contribution in [0.4, 0.5) is 0 Å². The van der Waals surface area contributed by atoms with Gasteiger partial charge in [-0.3, -0.25) is 0 Å². The summed E-state index contributed by atoms with van der Waals surface area (Å²) in [5.41, 5.74) is 10.9. The molecule has 0 N–H and O–H groups in total. The van der Waals surface area contributed by atoms with Gasteiger partial charge in [0.2, 0.25) is 0 Å². The highest BCUT2D eigenvalue weighted by Crippen LogP contribution is 2.40. The number of aryl methyl sites for hydroxylation is 1. The van der Waals surface area contributed by atoms with Gasteiger partial charge in [-0.1, -0.05) is 133 Å². The van der Waals surface area contributed by atoms with E-state index in [1.54, 1.807) is 0 Å². The van der Waals surface area contributed by atoms with Crippen molar-refractivity contribution in [3.05, 3.63) is 169 Å². The van der Waals surface area contributed by atoms with Crippen LogP contribution in [0.1, 0.15) is 5.56 Å². The molecule has 0 spiro atoms. The molecule has 0 unspecified atom stereocenters. The predicted molar refractivity (Wildman–Crippen MR) is 208 cm³/mol. The van der Waals surface area contributed by atoms with Crippen LogP contribution in [-0.4, -0.2) is 19.5 Å². The first-order chi connectivity index (χ1) is 25.2. The molecule has 0 aliphatic carbocycles. The Morgan fingerprint density at radius 1 is 0.431 bits per heavy atom. The third-order valence-electron chi connectivity index (χ3n) is 9.71. The van der Waals surface area contributed by atoms with Crippen LogP contribution in [0.25, 0.3) is 94.7 Å². The smallest absolute Gasteiger partial charge is 0.164 e. The van der Waals surface area contributed by atoms with Gasteiger partial charge in [0.25, 0.3) is 0 Å². The van der Waals surface area contributed by atoms with E-state index in [0.29, 0.717) is 17.5 Å². The topological polar surface area (TPSA) is 56.7 Å². The van der Waals surface area contributed by atoms with Crippen molar-refractivity contribution < 1.29 is 4.42 Å². The molecule has 240 valence electrons. The number of aromatic nitrogens is 4. The molecule has 7 aromatic carbocycles. The van der Waals surface area contributed by atoms with Gasteiger partial charge in [-0.25, -0.2) is 15.0 Å². The number of hydrogen-bond acceptors (Lipinski definition) is 4. The van der Waals surface area contributed by atoms with Crippen molar-refractivity contribution in [1.82, 2.24) is 19.5 Å². The Labute approximate surface area is 294 Å². The zero-order valence-electron chi connectivity index (χ0n) is 27.8. The lowest BCUT2D eigenvalue weighted by atomic mass is 9.99. The zero-order chi connectivity index (χ0) is 33.9. The average Bonchev–Trinajstić information content (AvgIpc) is 3.74. The Morgan fingerprint density at radius 3 is 1.69 bits per heavy atom. The maximum Gasteiger partial charge on any atom is 0.164 e. The van der Waals surface area contributed by atoms with Crippen molar-refractivity contribution in [2.24, 2.45) is 0 Å². The first kappa shape index (κ1) is 29.1. The average molecular weight is 655 g/mol. The van der Waals surface area contributed by atoms with Crippen molar-refractivity contribution in [2.45, 2.75) is 6.92 Å². The van der Waals surface area contributed by atoms with Crippen molar-refractivity contribution in [2.75, 3.05) is 0 Å². The largest absolute Gasteiger partial charge is 0.455 e. The summed E-state index contributed by atoms with van der Waals surface area (Å²) >= 11 is 0. The van der Waals surface area contributed by atoms with E-state index < -0.39 is 0 Å². The van der Waals surface area contributed by atoms with Gasteiger partial charge in [-0.05, 0) is 48.9 Å². The van der Waals surface area contributed by atoms with E-state index >= 15 is 0 Å². The molecular weight excluding hydrogens is 625 g/mol. The minimum absolute atomic E-state index is 0.597. The van der Waals surface area contributed by atoms with Gasteiger partial charge < -0.3 is 8.98 Å². The van der Waals surface area contributed by atoms with Gasteiger partial charge in [0.1, 0.15) is 11.2 Å². The lowest BCUT2D eigenvalue weighted by molar-refractivity contribution is 0.670. The molecular formula is C46H30N4O. The fourth-order valence-electron chi connectivity index (χ4n) is 7.25. The number of nitrogens with zero attached hydrogens (tertiary/aromatic N) is 4. The summed E-state index contributed by atoms with van der Waals surface area (Å²) in [4.78, 5) is 15.3. The normalized spacial score (nSPS) is 11.6. The van der Waals surface area contributed by atoms with Gasteiger partial charge in [0, 0.05) is 49.5 Å². The number of fused-ring (bicyclic) bond motifs is 6. The van der Waals surface area contributed by atoms with Crippen LogP contribution < -0.4 is 0 Å². The summed E-state index contributed by atoms with van der Waals surface area (Å²) in [6.45, 7) is 2.09. The Hall–Kier alpha value is -6.85. The second-order valence-electron chi connectivity index (χ2n) is 13.0. The molecule has 10 aromatic rings. The zero-order valence-corrected chi connectivity index (χ0v) is 27.8. The quantitative estimate of drug-likeness (QED) is 0.185. The van der Waals surface area contributed by atoms with Gasteiger partial charge in [0.15, 0.2) is 17.5 Å². The van der Waals surface area contributed by atoms with Crippen LogP contribution in [0.5, 0.6) is 0 Å². The fourth-order valence-corrected chi connectivity index (χ4v) is 7.25. The van der Waals surface area contributed by atoms with Gasteiger partial charge in [-0.15, -0.1) is 0 Å². The Morgan fingerprint density at radius 2 is 0.980 bits per heavy atom. The molecule has 0 aliphatic rings. The van der Waals surface area contributed by atoms with Gasteiger partial charge in [0.05, 0.1) is 11.0 Å². The molecule has 0 aliphatic heterocycles. The summed E-state index contributed by atoms with van der Waals surface area (Å²) in [5.74, 6) is 1.85. The fraction of sp³-hybridized carbons (Fsp3) is 0.0217. The Kier molecular flexibility index (Phi) is 6.64. The van der Waals surface area contributed by atoms with E-state index in [0.717, 1.165) is 66.5 Å². The number of hydrogen-bond donors (Lipinski definition) is 0. The van der Waals surface area contributed by atoms with E-state index in [1.165, 1.54) is 16.3 Å². The summed E-state index contributed by atoms with van der Waals surface area (Å²) < 4.78 is 8.91. The third-order valence-corrected chi connectivity index (χ3v) is 9.71. The molecule has 0 fully saturated rings. The van der Waals surface area contributed by atoms with Crippen LogP contribution in [0, 0.1) is 6.92 Å². The van der Waals surface area contributed by atoms with Crippen LogP contribution in [0.3, 0.4) is 0 Å². The van der Waals surface area contributed by atoms with Gasteiger partial charge >= 0.3 is 0 Å². The molecule has 5 nitrogen and oxygen atoms in total. The summed E-state index contributed by atoms with van der Waals surface area (Å²) in [5, 5.41) is 4.58. The molecule has 0 amide bonds. The predicted octanol–water partition coefficient (Wildman–Crippen LogP) is 11.8.